The fourth-order valence-electron chi connectivity index (χ4n) is 10.1. The number of rotatable bonds is 14. The molecule has 3 aliphatic rings. The number of fused-ring (bicyclic) bond motifs is 3. The monoisotopic (exact) mass is 941 g/mol. The van der Waals surface area contributed by atoms with Crippen LogP contribution in [0.5, 0.6) is 11.5 Å². The van der Waals surface area contributed by atoms with Crippen LogP contribution in [0.25, 0.3) is 0 Å². The van der Waals surface area contributed by atoms with Crippen molar-refractivity contribution < 1.29 is 53.1 Å². The van der Waals surface area contributed by atoms with Gasteiger partial charge in [0.2, 0.25) is 11.8 Å². The average molecular weight is 942 g/mol. The lowest BCUT2D eigenvalue weighted by atomic mass is 9.65. The summed E-state index contributed by atoms with van der Waals surface area (Å²) in [5.74, 6) is 3.51. The Kier molecular flexibility index (Phi) is 14.1. The Labute approximate surface area is 405 Å². The van der Waals surface area contributed by atoms with Gasteiger partial charge in [0.15, 0.2) is 0 Å². The molecule has 3 aliphatic heterocycles. The Bertz CT molecular complexity index is 2890. The number of cyclic esters (lactones) is 1. The van der Waals surface area contributed by atoms with E-state index >= 15 is 14.4 Å². The fraction of sp³-hybridized carbons (Fsp3) is 0.250. The minimum absolute atomic E-state index is 0.0189. The molecule has 2 saturated heterocycles. The summed E-state index contributed by atoms with van der Waals surface area (Å²) in [5, 5.41) is 24.0. The molecular formula is C56H51N3O11. The number of hydrogen-bond acceptors (Lipinski definition) is 12. The summed E-state index contributed by atoms with van der Waals surface area (Å²) >= 11 is 0. The van der Waals surface area contributed by atoms with E-state index in [1.165, 1.54) is 7.11 Å². The Morgan fingerprint density at radius 3 is 2.01 bits per heavy atom. The fourth-order valence-corrected chi connectivity index (χ4v) is 10.1. The molecule has 14 nitrogen and oxygen atoms in total. The van der Waals surface area contributed by atoms with Gasteiger partial charge >= 0.3 is 12.1 Å². The lowest BCUT2D eigenvalue weighted by Gasteiger charge is -2.46. The molecule has 1 spiro atoms. The Morgan fingerprint density at radius 1 is 0.729 bits per heavy atom. The molecule has 70 heavy (non-hydrogen) atoms. The highest BCUT2D eigenvalue weighted by Gasteiger charge is 2.75. The van der Waals surface area contributed by atoms with E-state index < -0.39 is 65.5 Å². The standard InChI is InChI=1S/C56H51N3O11/c1-66-32-33-69-55(65)58-45-29-22-37(19-18-36-20-25-42(67-2)26-21-36)34-44(45)56(54(58)64)47(52(62)57-35-46(61)38-12-6-3-7-13-38)49-53(63)70-50(40-16-10-5-11-17-40)48(39-14-8-4-9-15-39)59(49)51(56)41-23-27-43(28-24-41)68-31-30-60/h3-17,20-29,34,46-51,60-61H,30-33,35H2,1-2H3,(H,57,62)/t46-,47-,48-,49-,50+,51+,56-/m0/s1. The maximum Gasteiger partial charge on any atom is 0.421 e. The smallest absolute Gasteiger partial charge is 0.421 e. The van der Waals surface area contributed by atoms with Gasteiger partial charge in [0.05, 0.1) is 50.1 Å². The summed E-state index contributed by atoms with van der Waals surface area (Å²) in [6.07, 6.45) is -3.14. The van der Waals surface area contributed by atoms with Crippen molar-refractivity contribution in [1.29, 1.82) is 0 Å². The first-order valence-corrected chi connectivity index (χ1v) is 22.9. The van der Waals surface area contributed by atoms with Crippen molar-refractivity contribution in [2.75, 3.05) is 52.1 Å². The molecule has 6 aromatic rings. The van der Waals surface area contributed by atoms with E-state index in [1.807, 2.05) is 83.8 Å². The van der Waals surface area contributed by atoms with Crippen molar-refractivity contribution in [2.45, 2.75) is 35.7 Å². The molecular weight excluding hydrogens is 891 g/mol. The maximum atomic E-state index is 16.4. The Hall–Kier alpha value is -7.80. The molecule has 0 saturated carbocycles. The number of esters is 1. The van der Waals surface area contributed by atoms with Crippen molar-refractivity contribution in [3.05, 3.63) is 197 Å². The van der Waals surface area contributed by atoms with Gasteiger partial charge in [0, 0.05) is 24.8 Å². The van der Waals surface area contributed by atoms with Crippen LogP contribution in [0.4, 0.5) is 10.5 Å². The maximum absolute atomic E-state index is 16.4. The second-order valence-corrected chi connectivity index (χ2v) is 17.0. The number of benzene rings is 6. The third-order valence-electron chi connectivity index (χ3n) is 13.1. The predicted octanol–water partition coefficient (Wildman–Crippen LogP) is 6.76. The molecule has 14 heteroatoms. The van der Waals surface area contributed by atoms with Crippen LogP contribution in [0, 0.1) is 17.8 Å². The lowest BCUT2D eigenvalue weighted by molar-refractivity contribution is -0.178. The molecule has 0 aliphatic carbocycles. The quantitative estimate of drug-likeness (QED) is 0.0596. The zero-order valence-electron chi connectivity index (χ0n) is 38.5. The Balaban J connectivity index is 1.32. The summed E-state index contributed by atoms with van der Waals surface area (Å²) in [5.41, 5.74) is 1.78. The molecule has 0 aromatic heterocycles. The first-order valence-electron chi connectivity index (χ1n) is 22.9. The second kappa shape index (κ2) is 20.8. The number of carbonyl (C=O) groups excluding carboxylic acids is 4. The third-order valence-corrected chi connectivity index (χ3v) is 13.1. The highest BCUT2D eigenvalue weighted by atomic mass is 16.6. The van der Waals surface area contributed by atoms with Crippen molar-refractivity contribution >= 4 is 29.6 Å². The second-order valence-electron chi connectivity index (χ2n) is 17.0. The molecule has 3 heterocycles. The summed E-state index contributed by atoms with van der Waals surface area (Å²) < 4.78 is 28.6. The largest absolute Gasteiger partial charge is 0.497 e. The number of anilines is 1. The molecule has 356 valence electrons. The van der Waals surface area contributed by atoms with Crippen LogP contribution in [0.3, 0.4) is 0 Å². The van der Waals surface area contributed by atoms with Crippen LogP contribution < -0.4 is 19.7 Å². The molecule has 9 rings (SSSR count). The summed E-state index contributed by atoms with van der Waals surface area (Å²) in [4.78, 5) is 64.9. The van der Waals surface area contributed by atoms with Crippen LogP contribution in [0.2, 0.25) is 0 Å². The van der Waals surface area contributed by atoms with E-state index in [1.54, 1.807) is 86.0 Å². The number of hydrogen-bond donors (Lipinski definition) is 3. The van der Waals surface area contributed by atoms with Gasteiger partial charge in [0.1, 0.15) is 42.3 Å². The van der Waals surface area contributed by atoms with Crippen LogP contribution in [-0.2, 0) is 34.0 Å². The van der Waals surface area contributed by atoms with Crippen molar-refractivity contribution in [1.82, 2.24) is 10.2 Å². The van der Waals surface area contributed by atoms with E-state index in [2.05, 4.69) is 17.2 Å². The third kappa shape index (κ3) is 8.87. The number of morpholine rings is 1. The van der Waals surface area contributed by atoms with Gasteiger partial charge in [-0.25, -0.2) is 9.69 Å². The Morgan fingerprint density at radius 2 is 1.36 bits per heavy atom. The number of methoxy groups -OCH3 is 2. The number of nitrogens with one attached hydrogen (secondary N) is 1. The number of amides is 3. The minimum atomic E-state index is -2.11. The molecule has 0 bridgehead atoms. The molecule has 2 fully saturated rings. The molecule has 0 radical (unpaired) electrons. The average Bonchev–Trinajstić information content (AvgIpc) is 3.86. The van der Waals surface area contributed by atoms with Crippen LogP contribution in [0.1, 0.15) is 63.2 Å². The van der Waals surface area contributed by atoms with Gasteiger partial charge in [0.25, 0.3) is 0 Å². The minimum Gasteiger partial charge on any atom is -0.497 e. The van der Waals surface area contributed by atoms with Crippen LogP contribution in [0.15, 0.2) is 158 Å². The van der Waals surface area contributed by atoms with Gasteiger partial charge in [-0.2, -0.15) is 0 Å². The first-order chi connectivity index (χ1) is 34.2. The van der Waals surface area contributed by atoms with E-state index in [0.29, 0.717) is 39.3 Å². The van der Waals surface area contributed by atoms with Crippen molar-refractivity contribution in [3.8, 4) is 23.3 Å². The number of ether oxygens (including phenoxy) is 5. The van der Waals surface area contributed by atoms with Crippen LogP contribution >= 0.6 is 0 Å². The van der Waals surface area contributed by atoms with Gasteiger partial charge in [-0.1, -0.05) is 115 Å². The highest BCUT2D eigenvalue weighted by Crippen LogP contribution is 2.66. The number of nitrogens with zero attached hydrogens (tertiary/aromatic N) is 2. The van der Waals surface area contributed by atoms with Gasteiger partial charge in [-0.15, -0.1) is 0 Å². The molecule has 7 atom stereocenters. The predicted molar refractivity (Wildman–Crippen MR) is 258 cm³/mol. The first kappa shape index (κ1) is 47.3. The number of aliphatic hydroxyl groups excluding tert-OH is 2. The molecule has 6 aromatic carbocycles. The van der Waals surface area contributed by atoms with Gasteiger partial charge < -0.3 is 39.2 Å². The number of carbonyl (C=O) groups is 4. The van der Waals surface area contributed by atoms with E-state index in [0.717, 1.165) is 10.5 Å². The summed E-state index contributed by atoms with van der Waals surface area (Å²) in [7, 11) is 3.03. The van der Waals surface area contributed by atoms with Crippen LogP contribution in [-0.4, -0.2) is 92.2 Å². The van der Waals surface area contributed by atoms with Crippen molar-refractivity contribution in [3.63, 3.8) is 0 Å². The van der Waals surface area contributed by atoms with E-state index in [-0.39, 0.29) is 44.2 Å². The SMILES string of the molecule is COCCOC(=O)N1C(=O)[C@@]2(c3cc(C#Cc4ccc(OC)cc4)ccc31)[C@H](C(=O)NC[C@H](O)c1ccccc1)[C@H]1C(=O)O[C@H](c3ccccc3)[C@H](c3ccccc3)N1[C@@H]2c1ccc(OCCO)cc1. The highest BCUT2D eigenvalue weighted by molar-refractivity contribution is 6.23. The summed E-state index contributed by atoms with van der Waals surface area (Å²) in [6, 6.07) is 43.1. The number of aliphatic hydroxyl groups is 2. The normalized spacial score (nSPS) is 21.7. The molecule has 3 amide bonds. The van der Waals surface area contributed by atoms with Gasteiger partial charge in [-0.05, 0) is 82.4 Å². The zero-order chi connectivity index (χ0) is 48.8. The molecule has 0 unspecified atom stereocenters. The topological polar surface area (TPSA) is 173 Å². The van der Waals surface area contributed by atoms with Crippen molar-refractivity contribution in [2.24, 2.45) is 5.92 Å². The zero-order valence-corrected chi connectivity index (χ0v) is 38.5. The molecule has 3 N–H and O–H groups in total. The summed E-state index contributed by atoms with van der Waals surface area (Å²) in [6.45, 7) is -0.653. The number of imide groups is 1. The van der Waals surface area contributed by atoms with Gasteiger partial charge in [-0.3, -0.25) is 19.3 Å². The van der Waals surface area contributed by atoms with E-state index in [4.69, 9.17) is 23.7 Å². The van der Waals surface area contributed by atoms with E-state index in [9.17, 15) is 15.0 Å². The lowest BCUT2D eigenvalue weighted by Crippen LogP contribution is -2.56.